The molecule has 144 valence electrons. The molecule has 1 aliphatic heterocycles. The van der Waals surface area contributed by atoms with Crippen molar-refractivity contribution >= 4 is 34.5 Å². The van der Waals surface area contributed by atoms with Crippen LogP contribution in [0.15, 0.2) is 53.9 Å². The van der Waals surface area contributed by atoms with Gasteiger partial charge in [-0.25, -0.2) is 4.98 Å². The van der Waals surface area contributed by atoms with Gasteiger partial charge in [-0.05, 0) is 24.6 Å². The van der Waals surface area contributed by atoms with Crippen LogP contribution in [0.3, 0.4) is 0 Å². The lowest BCUT2D eigenvalue weighted by Crippen LogP contribution is -2.49. The van der Waals surface area contributed by atoms with Crippen molar-refractivity contribution < 1.29 is 4.79 Å². The molecule has 1 fully saturated rings. The third kappa shape index (κ3) is 4.05. The number of benzene rings is 2. The highest BCUT2D eigenvalue weighted by atomic mass is 35.5. The molecule has 3 aromatic rings. The van der Waals surface area contributed by atoms with E-state index in [4.69, 9.17) is 11.6 Å². The van der Waals surface area contributed by atoms with Gasteiger partial charge in [0.1, 0.15) is 5.01 Å². The summed E-state index contributed by atoms with van der Waals surface area (Å²) in [5.74, 6) is 0.139. The second-order valence-corrected chi connectivity index (χ2v) is 8.22. The van der Waals surface area contributed by atoms with E-state index in [1.807, 2.05) is 34.5 Å². The number of aromatic nitrogens is 1. The number of para-hydroxylation sites is 1. The fraction of sp³-hybridized carbons (Fsp3) is 0.273. The van der Waals surface area contributed by atoms with E-state index in [1.54, 1.807) is 0 Å². The summed E-state index contributed by atoms with van der Waals surface area (Å²) in [7, 11) is 0. The first-order chi connectivity index (χ1) is 13.6. The number of piperazine rings is 1. The fourth-order valence-electron chi connectivity index (χ4n) is 3.53. The van der Waals surface area contributed by atoms with Crippen molar-refractivity contribution in [1.82, 2.24) is 9.88 Å². The first-order valence-corrected chi connectivity index (χ1v) is 10.7. The van der Waals surface area contributed by atoms with E-state index in [2.05, 4.69) is 41.1 Å². The van der Waals surface area contributed by atoms with Gasteiger partial charge in [-0.15, -0.1) is 11.3 Å². The van der Waals surface area contributed by atoms with Gasteiger partial charge in [0.25, 0.3) is 0 Å². The maximum atomic E-state index is 12.7. The smallest absolute Gasteiger partial charge is 0.228 e. The Hall–Kier alpha value is -2.37. The van der Waals surface area contributed by atoms with Gasteiger partial charge in [0, 0.05) is 42.8 Å². The standard InChI is InChI=1S/C22H22ClN3OS/c1-16-6-2-5-9-20(16)25-10-12-26(13-11-25)21(27)14-17-15-28-22(24-17)18-7-3-4-8-19(18)23/h2-9,15H,10-14H2,1H3. The fourth-order valence-corrected chi connectivity index (χ4v) is 4.67. The molecule has 0 spiro atoms. The Bertz CT molecular complexity index is 979. The molecule has 1 amide bonds. The van der Waals surface area contributed by atoms with E-state index in [0.29, 0.717) is 11.4 Å². The first kappa shape index (κ1) is 19.0. The summed E-state index contributed by atoms with van der Waals surface area (Å²) in [5, 5.41) is 3.50. The molecular formula is C22H22ClN3OS. The molecule has 4 nitrogen and oxygen atoms in total. The SMILES string of the molecule is Cc1ccccc1N1CCN(C(=O)Cc2csc(-c3ccccc3Cl)n2)CC1. The van der Waals surface area contributed by atoms with Crippen LogP contribution in [0.5, 0.6) is 0 Å². The van der Waals surface area contributed by atoms with E-state index in [1.165, 1.54) is 22.6 Å². The highest BCUT2D eigenvalue weighted by Crippen LogP contribution is 2.30. The van der Waals surface area contributed by atoms with E-state index in [9.17, 15) is 4.79 Å². The van der Waals surface area contributed by atoms with E-state index >= 15 is 0 Å². The van der Waals surface area contributed by atoms with Crippen molar-refractivity contribution in [3.63, 3.8) is 0 Å². The number of nitrogens with zero attached hydrogens (tertiary/aromatic N) is 3. The van der Waals surface area contributed by atoms with Crippen LogP contribution in [-0.2, 0) is 11.2 Å². The minimum absolute atomic E-state index is 0.139. The van der Waals surface area contributed by atoms with Crippen LogP contribution in [0.25, 0.3) is 10.6 Å². The quantitative estimate of drug-likeness (QED) is 0.626. The summed E-state index contributed by atoms with van der Waals surface area (Å²) in [5.41, 5.74) is 4.27. The molecule has 1 aromatic heterocycles. The van der Waals surface area contributed by atoms with Crippen LogP contribution >= 0.6 is 22.9 Å². The second-order valence-electron chi connectivity index (χ2n) is 6.95. The number of thiazole rings is 1. The van der Waals surface area contributed by atoms with Crippen molar-refractivity contribution in [3.8, 4) is 10.6 Å². The van der Waals surface area contributed by atoms with Crippen LogP contribution in [0.1, 0.15) is 11.3 Å². The molecule has 1 saturated heterocycles. The summed E-state index contributed by atoms with van der Waals surface area (Å²) in [6, 6.07) is 16.1. The molecule has 0 aliphatic carbocycles. The van der Waals surface area contributed by atoms with Gasteiger partial charge in [-0.1, -0.05) is 48.0 Å². The lowest BCUT2D eigenvalue weighted by atomic mass is 10.1. The zero-order valence-electron chi connectivity index (χ0n) is 15.8. The van der Waals surface area contributed by atoms with Crippen LogP contribution < -0.4 is 4.90 Å². The van der Waals surface area contributed by atoms with Crippen LogP contribution in [0.4, 0.5) is 5.69 Å². The zero-order chi connectivity index (χ0) is 19.5. The minimum atomic E-state index is 0.139. The Labute approximate surface area is 174 Å². The molecule has 2 aromatic carbocycles. The molecule has 0 atom stereocenters. The minimum Gasteiger partial charge on any atom is -0.368 e. The number of aryl methyl sites for hydroxylation is 1. The molecule has 0 saturated carbocycles. The van der Waals surface area contributed by atoms with Crippen LogP contribution in [0, 0.1) is 6.92 Å². The van der Waals surface area contributed by atoms with Crippen molar-refractivity contribution in [2.45, 2.75) is 13.3 Å². The Morgan fingerprint density at radius 1 is 1.07 bits per heavy atom. The predicted molar refractivity (Wildman–Crippen MR) is 116 cm³/mol. The maximum absolute atomic E-state index is 12.7. The molecular weight excluding hydrogens is 390 g/mol. The number of rotatable bonds is 4. The normalized spacial score (nSPS) is 14.4. The maximum Gasteiger partial charge on any atom is 0.228 e. The third-order valence-electron chi connectivity index (χ3n) is 5.08. The summed E-state index contributed by atoms with van der Waals surface area (Å²) in [4.78, 5) is 21.7. The van der Waals surface area contributed by atoms with Crippen molar-refractivity contribution in [1.29, 1.82) is 0 Å². The van der Waals surface area contributed by atoms with Gasteiger partial charge in [-0.2, -0.15) is 0 Å². The van der Waals surface area contributed by atoms with Gasteiger partial charge < -0.3 is 9.80 Å². The number of halogens is 1. The van der Waals surface area contributed by atoms with E-state index < -0.39 is 0 Å². The molecule has 1 aliphatic rings. The van der Waals surface area contributed by atoms with Crippen molar-refractivity contribution in [3.05, 3.63) is 70.2 Å². The topological polar surface area (TPSA) is 36.4 Å². The summed E-state index contributed by atoms with van der Waals surface area (Å²) < 4.78 is 0. The molecule has 28 heavy (non-hydrogen) atoms. The van der Waals surface area contributed by atoms with Crippen molar-refractivity contribution in [2.24, 2.45) is 0 Å². The predicted octanol–water partition coefficient (Wildman–Crippen LogP) is 4.66. The number of carbonyl (C=O) groups excluding carboxylic acids is 1. The number of hydrogen-bond donors (Lipinski definition) is 0. The molecule has 0 unspecified atom stereocenters. The average molecular weight is 412 g/mol. The Balaban J connectivity index is 1.37. The number of carbonyl (C=O) groups is 1. The highest BCUT2D eigenvalue weighted by Gasteiger charge is 2.22. The van der Waals surface area contributed by atoms with Gasteiger partial charge in [0.15, 0.2) is 0 Å². The molecule has 4 rings (SSSR count). The number of anilines is 1. The van der Waals surface area contributed by atoms with Gasteiger partial charge in [0.2, 0.25) is 5.91 Å². The van der Waals surface area contributed by atoms with Crippen LogP contribution in [0.2, 0.25) is 5.02 Å². The van der Waals surface area contributed by atoms with Crippen molar-refractivity contribution in [2.75, 3.05) is 31.1 Å². The van der Waals surface area contributed by atoms with E-state index in [0.717, 1.165) is 42.4 Å². The van der Waals surface area contributed by atoms with Gasteiger partial charge >= 0.3 is 0 Å². The Kier molecular flexibility index (Phi) is 5.64. The first-order valence-electron chi connectivity index (χ1n) is 9.39. The number of hydrogen-bond acceptors (Lipinski definition) is 4. The monoisotopic (exact) mass is 411 g/mol. The zero-order valence-corrected chi connectivity index (χ0v) is 17.3. The van der Waals surface area contributed by atoms with E-state index in [-0.39, 0.29) is 5.91 Å². The summed E-state index contributed by atoms with van der Waals surface area (Å²) >= 11 is 7.79. The summed E-state index contributed by atoms with van der Waals surface area (Å²) in [6.45, 7) is 5.34. The lowest BCUT2D eigenvalue weighted by Gasteiger charge is -2.36. The molecule has 0 bridgehead atoms. The van der Waals surface area contributed by atoms with Gasteiger partial charge in [0.05, 0.1) is 17.1 Å². The number of amides is 1. The third-order valence-corrected chi connectivity index (χ3v) is 6.33. The Morgan fingerprint density at radius 3 is 2.54 bits per heavy atom. The molecule has 0 radical (unpaired) electrons. The largest absolute Gasteiger partial charge is 0.368 e. The average Bonchev–Trinajstić information content (AvgIpc) is 3.17. The van der Waals surface area contributed by atoms with Gasteiger partial charge in [-0.3, -0.25) is 4.79 Å². The molecule has 6 heteroatoms. The van der Waals surface area contributed by atoms with Crippen LogP contribution in [-0.4, -0.2) is 42.0 Å². The molecule has 2 heterocycles. The highest BCUT2D eigenvalue weighted by molar-refractivity contribution is 7.13. The second kappa shape index (κ2) is 8.33. The summed E-state index contributed by atoms with van der Waals surface area (Å²) in [6.07, 6.45) is 0.339. The Morgan fingerprint density at radius 2 is 1.79 bits per heavy atom. The lowest BCUT2D eigenvalue weighted by molar-refractivity contribution is -0.130. The molecule has 0 N–H and O–H groups in total.